The minimum Gasteiger partial charge on any atom is -0.504 e. The van der Waals surface area contributed by atoms with Crippen LogP contribution in [0.5, 0.6) is 11.5 Å². The van der Waals surface area contributed by atoms with Crippen molar-refractivity contribution in [1.29, 1.82) is 0 Å². The molecule has 0 spiro atoms. The predicted molar refractivity (Wildman–Crippen MR) is 68.4 cm³/mol. The van der Waals surface area contributed by atoms with Gasteiger partial charge in [0.15, 0.2) is 23.9 Å². The van der Waals surface area contributed by atoms with Crippen molar-refractivity contribution in [3.63, 3.8) is 0 Å². The third kappa shape index (κ3) is 4.03. The number of carbonyl (C=O) groups is 2. The van der Waals surface area contributed by atoms with E-state index in [0.29, 0.717) is 5.56 Å². The van der Waals surface area contributed by atoms with Gasteiger partial charge >= 0.3 is 5.97 Å². The fourth-order valence-corrected chi connectivity index (χ4v) is 1.55. The Morgan fingerprint density at radius 2 is 2.11 bits per heavy atom. The fourth-order valence-electron chi connectivity index (χ4n) is 1.23. The molecule has 1 aromatic rings. The summed E-state index contributed by atoms with van der Waals surface area (Å²) in [5.74, 6) is -0.722. The molecule has 0 unspecified atom stereocenters. The van der Waals surface area contributed by atoms with Crippen LogP contribution in [0.15, 0.2) is 18.2 Å². The Morgan fingerprint density at radius 1 is 1.39 bits per heavy atom. The molecule has 0 radical (unpaired) electrons. The summed E-state index contributed by atoms with van der Waals surface area (Å²) in [7, 11) is 0. The van der Waals surface area contributed by atoms with Crippen LogP contribution in [0.2, 0.25) is 0 Å². The molecule has 0 bridgehead atoms. The average molecular weight is 317 g/mol. The van der Waals surface area contributed by atoms with Crippen LogP contribution in [0.4, 0.5) is 0 Å². The van der Waals surface area contributed by atoms with E-state index in [4.69, 9.17) is 4.74 Å². The second kappa shape index (κ2) is 7.00. The lowest BCUT2D eigenvalue weighted by Crippen LogP contribution is -2.14. The van der Waals surface area contributed by atoms with Crippen LogP contribution in [-0.4, -0.2) is 35.4 Å². The van der Waals surface area contributed by atoms with Gasteiger partial charge in [-0.05, 0) is 25.1 Å². The average Bonchev–Trinajstić information content (AvgIpc) is 2.36. The first-order valence-corrected chi connectivity index (χ1v) is 6.41. The molecule has 0 atom stereocenters. The van der Waals surface area contributed by atoms with Crippen LogP contribution in [0.3, 0.4) is 0 Å². The Kier molecular flexibility index (Phi) is 5.64. The number of ether oxygens (including phenoxy) is 2. The lowest BCUT2D eigenvalue weighted by Gasteiger charge is -2.08. The van der Waals surface area contributed by atoms with Gasteiger partial charge in [-0.2, -0.15) is 0 Å². The van der Waals surface area contributed by atoms with Crippen molar-refractivity contribution >= 4 is 27.7 Å². The van der Waals surface area contributed by atoms with Crippen LogP contribution in [0.25, 0.3) is 0 Å². The van der Waals surface area contributed by atoms with Crippen molar-refractivity contribution in [2.45, 2.75) is 6.92 Å². The van der Waals surface area contributed by atoms with E-state index in [-0.39, 0.29) is 35.8 Å². The lowest BCUT2D eigenvalue weighted by atomic mass is 10.1. The van der Waals surface area contributed by atoms with Crippen molar-refractivity contribution in [2.75, 3.05) is 18.5 Å². The zero-order valence-electron chi connectivity index (χ0n) is 9.81. The number of carbonyl (C=O) groups excluding carboxylic acids is 2. The van der Waals surface area contributed by atoms with E-state index in [2.05, 4.69) is 20.7 Å². The summed E-state index contributed by atoms with van der Waals surface area (Å²) in [6.07, 6.45) is 0. The van der Waals surface area contributed by atoms with E-state index in [1.54, 1.807) is 6.92 Å². The first kappa shape index (κ1) is 14.5. The van der Waals surface area contributed by atoms with Crippen LogP contribution < -0.4 is 4.74 Å². The molecule has 0 aliphatic heterocycles. The number of alkyl halides is 1. The van der Waals surface area contributed by atoms with E-state index in [9.17, 15) is 14.7 Å². The minimum absolute atomic E-state index is 0.133. The minimum atomic E-state index is -0.516. The highest BCUT2D eigenvalue weighted by atomic mass is 79.9. The molecule has 6 heteroatoms. The Bertz CT molecular complexity index is 444. The number of rotatable bonds is 6. The molecule has 0 aliphatic rings. The molecule has 1 N–H and O–H groups in total. The molecule has 0 saturated carbocycles. The van der Waals surface area contributed by atoms with Gasteiger partial charge in [-0.15, -0.1) is 0 Å². The van der Waals surface area contributed by atoms with E-state index in [0.717, 1.165) is 0 Å². The molecule has 0 amide bonds. The predicted octanol–water partition coefficient (Wildman–Crippen LogP) is 1.91. The van der Waals surface area contributed by atoms with E-state index in [1.807, 2.05) is 0 Å². The number of Topliss-reactive ketones (excluding diaryl/α,β-unsaturated/α-hetero) is 1. The molecule has 98 valence electrons. The quantitative estimate of drug-likeness (QED) is 0.493. The normalized spacial score (nSPS) is 9.89. The number of halogens is 1. The van der Waals surface area contributed by atoms with Gasteiger partial charge in [0.1, 0.15) is 0 Å². The Hall–Kier alpha value is -1.56. The zero-order valence-corrected chi connectivity index (χ0v) is 11.4. The summed E-state index contributed by atoms with van der Waals surface area (Å²) in [4.78, 5) is 22.4. The topological polar surface area (TPSA) is 72.8 Å². The van der Waals surface area contributed by atoms with Gasteiger partial charge in [0.25, 0.3) is 0 Å². The molecular weight excluding hydrogens is 304 g/mol. The maximum absolute atomic E-state index is 11.4. The molecule has 1 rings (SSSR count). The smallest absolute Gasteiger partial charge is 0.344 e. The highest BCUT2D eigenvalue weighted by Crippen LogP contribution is 2.27. The van der Waals surface area contributed by atoms with Gasteiger partial charge in [-0.3, -0.25) is 4.79 Å². The standard InChI is InChI=1S/C12H13BrO5/c1-2-17-12(16)7-18-11-4-3-8(5-9(11)14)10(15)6-13/h3-5,14H,2,6-7H2,1H3. The van der Waals surface area contributed by atoms with Gasteiger partial charge < -0.3 is 14.6 Å². The summed E-state index contributed by atoms with van der Waals surface area (Å²) in [6, 6.07) is 4.25. The first-order chi connectivity index (χ1) is 8.58. The largest absolute Gasteiger partial charge is 0.504 e. The van der Waals surface area contributed by atoms with Gasteiger partial charge in [-0.1, -0.05) is 15.9 Å². The Morgan fingerprint density at radius 3 is 2.67 bits per heavy atom. The van der Waals surface area contributed by atoms with Crippen LogP contribution in [0.1, 0.15) is 17.3 Å². The summed E-state index contributed by atoms with van der Waals surface area (Å²) in [6.45, 7) is 1.68. The monoisotopic (exact) mass is 316 g/mol. The lowest BCUT2D eigenvalue weighted by molar-refractivity contribution is -0.145. The summed E-state index contributed by atoms with van der Waals surface area (Å²) < 4.78 is 9.75. The van der Waals surface area contributed by atoms with Crippen molar-refractivity contribution < 1.29 is 24.2 Å². The van der Waals surface area contributed by atoms with E-state index in [1.165, 1.54) is 18.2 Å². The number of benzene rings is 1. The number of hydrogen-bond acceptors (Lipinski definition) is 5. The molecule has 18 heavy (non-hydrogen) atoms. The number of phenols is 1. The molecule has 0 saturated heterocycles. The van der Waals surface area contributed by atoms with E-state index < -0.39 is 5.97 Å². The fraction of sp³-hybridized carbons (Fsp3) is 0.333. The molecule has 0 aliphatic carbocycles. The Balaban J connectivity index is 2.68. The van der Waals surface area contributed by atoms with Gasteiger partial charge in [0, 0.05) is 5.56 Å². The first-order valence-electron chi connectivity index (χ1n) is 5.29. The van der Waals surface area contributed by atoms with Crippen LogP contribution in [-0.2, 0) is 9.53 Å². The van der Waals surface area contributed by atoms with Crippen molar-refractivity contribution in [3.8, 4) is 11.5 Å². The zero-order chi connectivity index (χ0) is 13.5. The van der Waals surface area contributed by atoms with Gasteiger partial charge in [0.2, 0.25) is 0 Å². The second-order valence-corrected chi connectivity index (χ2v) is 3.89. The number of ketones is 1. The SMILES string of the molecule is CCOC(=O)COc1ccc(C(=O)CBr)cc1O. The Labute approximate surface area is 113 Å². The van der Waals surface area contributed by atoms with Crippen LogP contribution in [0, 0.1) is 0 Å². The highest BCUT2D eigenvalue weighted by molar-refractivity contribution is 9.09. The third-order valence-corrected chi connectivity index (χ3v) is 2.56. The van der Waals surface area contributed by atoms with Crippen molar-refractivity contribution in [3.05, 3.63) is 23.8 Å². The van der Waals surface area contributed by atoms with Crippen molar-refractivity contribution in [1.82, 2.24) is 0 Å². The van der Waals surface area contributed by atoms with E-state index >= 15 is 0 Å². The summed E-state index contributed by atoms with van der Waals surface area (Å²) in [5, 5.41) is 9.81. The van der Waals surface area contributed by atoms with Gasteiger partial charge in [-0.25, -0.2) is 4.79 Å². The third-order valence-electron chi connectivity index (χ3n) is 2.05. The highest BCUT2D eigenvalue weighted by Gasteiger charge is 2.10. The van der Waals surface area contributed by atoms with Crippen LogP contribution >= 0.6 is 15.9 Å². The number of aromatic hydroxyl groups is 1. The number of hydrogen-bond donors (Lipinski definition) is 1. The molecular formula is C12H13BrO5. The number of phenolic OH excluding ortho intramolecular Hbond substituents is 1. The molecule has 5 nitrogen and oxygen atoms in total. The number of esters is 1. The maximum Gasteiger partial charge on any atom is 0.344 e. The summed E-state index contributed by atoms with van der Waals surface area (Å²) in [5.41, 5.74) is 0.368. The molecule has 1 aromatic carbocycles. The molecule has 0 fully saturated rings. The second-order valence-electron chi connectivity index (χ2n) is 3.33. The summed E-state index contributed by atoms with van der Waals surface area (Å²) >= 11 is 3.04. The molecule has 0 heterocycles. The van der Waals surface area contributed by atoms with Gasteiger partial charge in [0.05, 0.1) is 11.9 Å². The molecule has 0 aromatic heterocycles. The maximum atomic E-state index is 11.4. The van der Waals surface area contributed by atoms with Crippen molar-refractivity contribution in [2.24, 2.45) is 0 Å².